The van der Waals surface area contributed by atoms with Crippen LogP contribution in [0.3, 0.4) is 0 Å². The van der Waals surface area contributed by atoms with Crippen LogP contribution in [0.5, 0.6) is 11.5 Å². The van der Waals surface area contributed by atoms with Crippen molar-refractivity contribution in [3.8, 4) is 27.6 Å². The van der Waals surface area contributed by atoms with Crippen molar-refractivity contribution in [2.24, 2.45) is 12.8 Å². The van der Waals surface area contributed by atoms with Crippen LogP contribution in [0, 0.1) is 0 Å². The number of halogens is 1. The number of aryl methyl sites for hydroxylation is 1. The largest absolute Gasteiger partial charge is 0.490 e. The van der Waals surface area contributed by atoms with E-state index in [-0.39, 0.29) is 13.2 Å². The molecule has 5 rings (SSSR count). The second kappa shape index (κ2) is 10.3. The number of carbonyl (C=O) groups is 1. The van der Waals surface area contributed by atoms with Crippen LogP contribution in [0.4, 0.5) is 0 Å². The van der Waals surface area contributed by atoms with Gasteiger partial charge >= 0.3 is 0 Å². The number of aliphatic hydroxyl groups is 1. The van der Waals surface area contributed by atoms with Crippen molar-refractivity contribution in [2.45, 2.75) is 13.0 Å². The van der Waals surface area contributed by atoms with Gasteiger partial charge in [-0.15, -0.1) is 11.3 Å². The number of hydrogen-bond donors (Lipinski definition) is 2. The SMILES string of the molecule is C[C@@H](Oc1cc(-n2cnc3cc(-c4cnn(C)c4)ccc32)sc1C(N)=O)c1cccc(OCCO)c1Cl. The number of aliphatic hydroxyl groups excluding tert-OH is 1. The smallest absolute Gasteiger partial charge is 0.262 e. The predicted octanol–water partition coefficient (Wildman–Crippen LogP) is 4.75. The van der Waals surface area contributed by atoms with Gasteiger partial charge in [0, 0.05) is 30.4 Å². The minimum absolute atomic E-state index is 0.125. The Hall–Kier alpha value is -3.86. The first-order valence-electron chi connectivity index (χ1n) is 11.4. The summed E-state index contributed by atoms with van der Waals surface area (Å²) in [5.41, 5.74) is 10.1. The topological polar surface area (TPSA) is 117 Å². The summed E-state index contributed by atoms with van der Waals surface area (Å²) in [5.74, 6) is 0.208. The number of amides is 1. The molecule has 0 aliphatic carbocycles. The first kappa shape index (κ1) is 24.8. The lowest BCUT2D eigenvalue weighted by Gasteiger charge is -2.18. The minimum atomic E-state index is -0.590. The third kappa shape index (κ3) is 4.91. The maximum absolute atomic E-state index is 12.3. The number of benzene rings is 2. The number of carbonyl (C=O) groups excluding carboxylic acids is 1. The highest BCUT2D eigenvalue weighted by atomic mass is 35.5. The molecule has 0 aliphatic rings. The fourth-order valence-corrected chi connectivity index (χ4v) is 5.30. The minimum Gasteiger partial charge on any atom is -0.490 e. The maximum Gasteiger partial charge on any atom is 0.262 e. The molecular formula is C26H24ClN5O4S. The average molecular weight is 538 g/mol. The van der Waals surface area contributed by atoms with Gasteiger partial charge in [0.25, 0.3) is 5.91 Å². The van der Waals surface area contributed by atoms with Crippen molar-refractivity contribution in [1.29, 1.82) is 0 Å². The van der Waals surface area contributed by atoms with Crippen LogP contribution in [-0.4, -0.2) is 43.6 Å². The molecule has 9 nitrogen and oxygen atoms in total. The monoisotopic (exact) mass is 537 g/mol. The molecule has 3 N–H and O–H groups in total. The number of ether oxygens (including phenoxy) is 2. The first-order chi connectivity index (χ1) is 17.9. The van der Waals surface area contributed by atoms with Crippen LogP contribution < -0.4 is 15.2 Å². The quantitative estimate of drug-likeness (QED) is 0.280. The van der Waals surface area contributed by atoms with Crippen LogP contribution in [-0.2, 0) is 7.05 Å². The summed E-state index contributed by atoms with van der Waals surface area (Å²) in [6.45, 7) is 1.83. The fourth-order valence-electron chi connectivity index (χ4n) is 4.04. The molecule has 1 atom stereocenters. The van der Waals surface area contributed by atoms with Gasteiger partial charge < -0.3 is 20.3 Å². The molecule has 0 spiro atoms. The lowest BCUT2D eigenvalue weighted by atomic mass is 10.1. The number of nitrogens with two attached hydrogens (primary N) is 1. The Morgan fingerprint density at radius 2 is 2.05 bits per heavy atom. The zero-order valence-electron chi connectivity index (χ0n) is 20.1. The Morgan fingerprint density at radius 3 is 2.78 bits per heavy atom. The fraction of sp³-hybridized carbons (Fsp3) is 0.192. The highest BCUT2D eigenvalue weighted by Gasteiger charge is 2.22. The van der Waals surface area contributed by atoms with E-state index >= 15 is 0 Å². The molecule has 1 amide bonds. The van der Waals surface area contributed by atoms with Crippen molar-refractivity contribution in [3.63, 3.8) is 0 Å². The van der Waals surface area contributed by atoms with Gasteiger partial charge in [-0.25, -0.2) is 4.98 Å². The molecule has 0 saturated heterocycles. The number of imidazole rings is 1. The van der Waals surface area contributed by atoms with Gasteiger partial charge in [0.15, 0.2) is 0 Å². The Labute approximate surface area is 221 Å². The number of aromatic nitrogens is 4. The highest BCUT2D eigenvalue weighted by Crippen LogP contribution is 2.39. The van der Waals surface area contributed by atoms with Crippen LogP contribution >= 0.6 is 22.9 Å². The summed E-state index contributed by atoms with van der Waals surface area (Å²) in [5, 5.41) is 14.4. The van der Waals surface area contributed by atoms with Crippen LogP contribution in [0.25, 0.3) is 27.2 Å². The van der Waals surface area contributed by atoms with E-state index in [1.807, 2.05) is 55.2 Å². The second-order valence-electron chi connectivity index (χ2n) is 8.35. The van der Waals surface area contributed by atoms with Crippen molar-refractivity contribution in [1.82, 2.24) is 19.3 Å². The molecule has 190 valence electrons. The summed E-state index contributed by atoms with van der Waals surface area (Å²) in [7, 11) is 1.88. The van der Waals surface area contributed by atoms with Crippen LogP contribution in [0.1, 0.15) is 28.3 Å². The summed E-state index contributed by atoms with van der Waals surface area (Å²) in [6.07, 6.45) is 4.96. The number of fused-ring (bicyclic) bond motifs is 1. The highest BCUT2D eigenvalue weighted by molar-refractivity contribution is 7.16. The zero-order valence-corrected chi connectivity index (χ0v) is 21.7. The molecule has 0 bridgehead atoms. The van der Waals surface area contributed by atoms with E-state index in [0.717, 1.165) is 27.2 Å². The number of nitrogens with zero attached hydrogens (tertiary/aromatic N) is 4. The number of primary amides is 1. The Kier molecular flexibility index (Phi) is 6.88. The van der Waals surface area contributed by atoms with Gasteiger partial charge in [0.2, 0.25) is 0 Å². The molecule has 3 heterocycles. The van der Waals surface area contributed by atoms with E-state index in [2.05, 4.69) is 10.1 Å². The van der Waals surface area contributed by atoms with E-state index in [0.29, 0.717) is 27.0 Å². The molecular weight excluding hydrogens is 514 g/mol. The van der Waals surface area contributed by atoms with Gasteiger partial charge in [-0.3, -0.25) is 14.0 Å². The standard InChI is InChI=1S/C26H24ClN5O4S/c1-15(18-4-3-5-21(24(18)27)35-9-8-33)36-22-11-23(37-25(22)26(28)34)32-14-29-19-10-16(6-7-20(19)32)17-12-30-31(2)13-17/h3-7,10-15,33H,8-9H2,1-2H3,(H2,28,34)/t15-/m1/s1. The second-order valence-corrected chi connectivity index (χ2v) is 9.76. The first-order valence-corrected chi connectivity index (χ1v) is 12.6. The van der Waals surface area contributed by atoms with Crippen molar-refractivity contribution in [2.75, 3.05) is 13.2 Å². The van der Waals surface area contributed by atoms with E-state index in [1.165, 1.54) is 11.3 Å². The molecule has 0 fully saturated rings. The van der Waals surface area contributed by atoms with E-state index in [9.17, 15) is 4.79 Å². The van der Waals surface area contributed by atoms with Gasteiger partial charge in [0.1, 0.15) is 40.4 Å². The Balaban J connectivity index is 1.46. The maximum atomic E-state index is 12.3. The summed E-state index contributed by atoms with van der Waals surface area (Å²) < 4.78 is 15.3. The van der Waals surface area contributed by atoms with Gasteiger partial charge in [-0.05, 0) is 30.7 Å². The molecule has 0 radical (unpaired) electrons. The third-order valence-electron chi connectivity index (χ3n) is 5.82. The van der Waals surface area contributed by atoms with Crippen molar-refractivity contribution < 1.29 is 19.4 Å². The van der Waals surface area contributed by atoms with Crippen LogP contribution in [0.15, 0.2) is 61.2 Å². The predicted molar refractivity (Wildman–Crippen MR) is 143 cm³/mol. The van der Waals surface area contributed by atoms with E-state index in [4.69, 9.17) is 31.9 Å². The molecule has 11 heteroatoms. The number of thiophene rings is 1. The molecule has 3 aromatic heterocycles. The molecule has 2 aromatic carbocycles. The van der Waals surface area contributed by atoms with E-state index < -0.39 is 12.0 Å². The normalized spacial score (nSPS) is 12.1. The Morgan fingerprint density at radius 1 is 1.22 bits per heavy atom. The molecule has 0 unspecified atom stereocenters. The van der Waals surface area contributed by atoms with Gasteiger partial charge in [0.05, 0.1) is 28.9 Å². The summed E-state index contributed by atoms with van der Waals surface area (Å²) in [6, 6.07) is 13.1. The molecule has 5 aromatic rings. The molecule has 0 saturated carbocycles. The lowest BCUT2D eigenvalue weighted by molar-refractivity contribution is 0.0998. The zero-order chi connectivity index (χ0) is 26.1. The van der Waals surface area contributed by atoms with Crippen molar-refractivity contribution in [3.05, 3.63) is 76.6 Å². The van der Waals surface area contributed by atoms with Gasteiger partial charge in [-0.2, -0.15) is 5.10 Å². The van der Waals surface area contributed by atoms with Crippen molar-refractivity contribution >= 4 is 39.9 Å². The third-order valence-corrected chi connectivity index (χ3v) is 7.35. The number of rotatable bonds is 9. The van der Waals surface area contributed by atoms with Gasteiger partial charge in [-0.1, -0.05) is 29.8 Å². The summed E-state index contributed by atoms with van der Waals surface area (Å²) in [4.78, 5) is 17.1. The van der Waals surface area contributed by atoms with E-state index in [1.54, 1.807) is 29.2 Å². The summed E-state index contributed by atoms with van der Waals surface area (Å²) >= 11 is 7.75. The lowest BCUT2D eigenvalue weighted by Crippen LogP contribution is -2.12. The molecule has 37 heavy (non-hydrogen) atoms. The Bertz CT molecular complexity index is 1590. The molecule has 0 aliphatic heterocycles. The average Bonchev–Trinajstić information content (AvgIpc) is 3.61. The number of hydrogen-bond acceptors (Lipinski definition) is 7. The van der Waals surface area contributed by atoms with Crippen LogP contribution in [0.2, 0.25) is 5.02 Å².